The number of ether oxygens (including phenoxy) is 1. The lowest BCUT2D eigenvalue weighted by Gasteiger charge is -2.17. The lowest BCUT2D eigenvalue weighted by Crippen LogP contribution is -2.08. The Morgan fingerprint density at radius 1 is 1.42 bits per heavy atom. The Kier molecular flexibility index (Phi) is 5.24. The molecular formula is C18H19N3O2S3. The van der Waals surface area contributed by atoms with Gasteiger partial charge >= 0.3 is 5.97 Å². The third-order valence-electron chi connectivity index (χ3n) is 4.40. The highest BCUT2D eigenvalue weighted by atomic mass is 32.2. The van der Waals surface area contributed by atoms with Crippen LogP contribution < -0.4 is 0 Å². The minimum Gasteiger partial charge on any atom is -0.466 e. The molecule has 0 fully saturated rings. The molecule has 3 aromatic rings. The van der Waals surface area contributed by atoms with Gasteiger partial charge in [-0.05, 0) is 49.4 Å². The number of aryl methyl sites for hydroxylation is 1. The number of thiophene rings is 1. The standard InChI is InChI=1S/C18H19N3O2S3/c1-3-23-14(22)7-11-8-24-18(21-11)26-17-15-12-5-4-10(2)6-13(12)25-16(15)19-9-20-17/h8-10H,3-7H2,1-2H3/t10-/m0/s1. The third kappa shape index (κ3) is 3.63. The van der Waals surface area contributed by atoms with Gasteiger partial charge in [0.25, 0.3) is 0 Å². The minimum absolute atomic E-state index is 0.218. The number of carbonyl (C=O) groups excluding carboxylic acids is 1. The van der Waals surface area contributed by atoms with Crippen molar-refractivity contribution in [2.45, 2.75) is 48.9 Å². The molecule has 0 N–H and O–H groups in total. The maximum Gasteiger partial charge on any atom is 0.311 e. The lowest BCUT2D eigenvalue weighted by atomic mass is 9.89. The van der Waals surface area contributed by atoms with Gasteiger partial charge in [0.1, 0.15) is 16.2 Å². The number of carbonyl (C=O) groups is 1. The van der Waals surface area contributed by atoms with Crippen LogP contribution in [0.2, 0.25) is 0 Å². The summed E-state index contributed by atoms with van der Waals surface area (Å²) in [4.78, 5) is 27.8. The quantitative estimate of drug-likeness (QED) is 0.459. The zero-order valence-corrected chi connectivity index (χ0v) is 17.1. The summed E-state index contributed by atoms with van der Waals surface area (Å²) in [6.45, 7) is 4.52. The Bertz CT molecular complexity index is 950. The zero-order chi connectivity index (χ0) is 18.1. The van der Waals surface area contributed by atoms with Crippen molar-refractivity contribution in [1.82, 2.24) is 15.0 Å². The van der Waals surface area contributed by atoms with Gasteiger partial charge in [-0.2, -0.15) is 0 Å². The lowest BCUT2D eigenvalue weighted by molar-refractivity contribution is -0.142. The summed E-state index contributed by atoms with van der Waals surface area (Å²) in [5.41, 5.74) is 2.18. The molecule has 0 spiro atoms. The zero-order valence-electron chi connectivity index (χ0n) is 14.7. The van der Waals surface area contributed by atoms with Gasteiger partial charge in [-0.1, -0.05) is 6.92 Å². The van der Waals surface area contributed by atoms with Crippen LogP contribution in [0.15, 0.2) is 21.1 Å². The van der Waals surface area contributed by atoms with Crippen molar-refractivity contribution in [2.75, 3.05) is 6.61 Å². The highest BCUT2D eigenvalue weighted by Crippen LogP contribution is 2.42. The second-order valence-electron chi connectivity index (χ2n) is 6.40. The van der Waals surface area contributed by atoms with Crippen LogP contribution in [0.3, 0.4) is 0 Å². The summed E-state index contributed by atoms with van der Waals surface area (Å²) in [7, 11) is 0. The molecule has 26 heavy (non-hydrogen) atoms. The molecule has 1 aliphatic carbocycles. The van der Waals surface area contributed by atoms with Crippen LogP contribution in [0.1, 0.15) is 36.4 Å². The number of aromatic nitrogens is 3. The van der Waals surface area contributed by atoms with Gasteiger partial charge in [0.05, 0.1) is 18.7 Å². The van der Waals surface area contributed by atoms with Crippen molar-refractivity contribution in [1.29, 1.82) is 0 Å². The van der Waals surface area contributed by atoms with E-state index in [9.17, 15) is 4.79 Å². The number of hydrogen-bond acceptors (Lipinski definition) is 8. The summed E-state index contributed by atoms with van der Waals surface area (Å²) in [5, 5.41) is 4.09. The van der Waals surface area contributed by atoms with Crippen molar-refractivity contribution >= 4 is 50.6 Å². The minimum atomic E-state index is -0.236. The fourth-order valence-electron chi connectivity index (χ4n) is 3.18. The van der Waals surface area contributed by atoms with Crippen molar-refractivity contribution in [3.05, 3.63) is 27.8 Å². The Labute approximate surface area is 164 Å². The van der Waals surface area contributed by atoms with Crippen LogP contribution in [-0.4, -0.2) is 27.5 Å². The van der Waals surface area contributed by atoms with Gasteiger partial charge in [0, 0.05) is 15.6 Å². The predicted octanol–water partition coefficient (Wildman–Crippen LogP) is 4.53. The van der Waals surface area contributed by atoms with E-state index >= 15 is 0 Å². The molecule has 0 aliphatic heterocycles. The highest BCUT2D eigenvalue weighted by molar-refractivity contribution is 8.01. The summed E-state index contributed by atoms with van der Waals surface area (Å²) >= 11 is 4.91. The first-order chi connectivity index (χ1) is 12.6. The van der Waals surface area contributed by atoms with Crippen LogP contribution in [0, 0.1) is 5.92 Å². The molecule has 0 saturated carbocycles. The number of thiazole rings is 1. The molecule has 0 radical (unpaired) electrons. The van der Waals surface area contributed by atoms with Gasteiger partial charge in [-0.25, -0.2) is 15.0 Å². The fourth-order valence-corrected chi connectivity index (χ4v) is 6.46. The maximum atomic E-state index is 11.6. The topological polar surface area (TPSA) is 65.0 Å². The third-order valence-corrected chi connectivity index (χ3v) is 7.56. The fraction of sp³-hybridized carbons (Fsp3) is 0.444. The first kappa shape index (κ1) is 17.9. The summed E-state index contributed by atoms with van der Waals surface area (Å²) in [6.07, 6.45) is 5.32. The van der Waals surface area contributed by atoms with E-state index in [0.29, 0.717) is 6.61 Å². The van der Waals surface area contributed by atoms with E-state index in [2.05, 4.69) is 21.9 Å². The van der Waals surface area contributed by atoms with Crippen molar-refractivity contribution in [3.63, 3.8) is 0 Å². The van der Waals surface area contributed by atoms with Crippen molar-refractivity contribution < 1.29 is 9.53 Å². The van der Waals surface area contributed by atoms with Crippen LogP contribution >= 0.6 is 34.4 Å². The number of esters is 1. The number of hydrogen-bond donors (Lipinski definition) is 0. The molecule has 136 valence electrons. The largest absolute Gasteiger partial charge is 0.466 e. The van der Waals surface area contributed by atoms with Crippen LogP contribution in [0.4, 0.5) is 0 Å². The predicted molar refractivity (Wildman–Crippen MR) is 105 cm³/mol. The molecule has 3 aromatic heterocycles. The molecular weight excluding hydrogens is 386 g/mol. The van der Waals surface area contributed by atoms with E-state index in [1.807, 2.05) is 12.3 Å². The first-order valence-electron chi connectivity index (χ1n) is 8.67. The van der Waals surface area contributed by atoms with E-state index in [1.165, 1.54) is 22.2 Å². The molecule has 0 bridgehead atoms. The van der Waals surface area contributed by atoms with Gasteiger partial charge in [0.2, 0.25) is 0 Å². The Morgan fingerprint density at radius 2 is 2.31 bits per heavy atom. The molecule has 4 rings (SSSR count). The number of rotatable bonds is 5. The van der Waals surface area contributed by atoms with E-state index in [1.54, 1.807) is 40.8 Å². The monoisotopic (exact) mass is 405 g/mol. The Balaban J connectivity index is 1.60. The Morgan fingerprint density at radius 3 is 3.15 bits per heavy atom. The molecule has 8 heteroatoms. The molecule has 0 amide bonds. The summed E-state index contributed by atoms with van der Waals surface area (Å²) in [5.74, 6) is 0.504. The molecule has 0 unspecified atom stereocenters. The second kappa shape index (κ2) is 7.62. The molecule has 3 heterocycles. The molecule has 1 atom stereocenters. The van der Waals surface area contributed by atoms with Crippen molar-refractivity contribution in [2.24, 2.45) is 5.92 Å². The smallest absolute Gasteiger partial charge is 0.311 e. The molecule has 0 aromatic carbocycles. The second-order valence-corrected chi connectivity index (χ2v) is 9.58. The average molecular weight is 406 g/mol. The SMILES string of the molecule is CCOC(=O)Cc1csc(Sc2ncnc3sc4c(c23)CC[C@H](C)C4)n1. The molecule has 0 saturated heterocycles. The van der Waals surface area contributed by atoms with Gasteiger partial charge in [-0.15, -0.1) is 22.7 Å². The number of fused-ring (bicyclic) bond motifs is 3. The summed E-state index contributed by atoms with van der Waals surface area (Å²) < 4.78 is 5.89. The normalized spacial score (nSPS) is 16.6. The number of nitrogens with zero attached hydrogens (tertiary/aromatic N) is 3. The van der Waals surface area contributed by atoms with E-state index in [0.717, 1.165) is 38.6 Å². The Hall–Kier alpha value is -1.51. The van der Waals surface area contributed by atoms with Gasteiger partial charge in [-0.3, -0.25) is 4.79 Å². The average Bonchev–Trinajstić information content (AvgIpc) is 3.19. The first-order valence-corrected chi connectivity index (χ1v) is 11.2. The molecule has 1 aliphatic rings. The maximum absolute atomic E-state index is 11.6. The van der Waals surface area contributed by atoms with Crippen LogP contribution in [0.25, 0.3) is 10.2 Å². The van der Waals surface area contributed by atoms with Crippen molar-refractivity contribution in [3.8, 4) is 0 Å². The van der Waals surface area contributed by atoms with Gasteiger partial charge in [0.15, 0.2) is 4.34 Å². The molecule has 5 nitrogen and oxygen atoms in total. The van der Waals surface area contributed by atoms with Crippen LogP contribution in [0.5, 0.6) is 0 Å². The van der Waals surface area contributed by atoms with E-state index in [-0.39, 0.29) is 12.4 Å². The summed E-state index contributed by atoms with van der Waals surface area (Å²) in [6, 6.07) is 0. The van der Waals surface area contributed by atoms with Gasteiger partial charge < -0.3 is 4.74 Å². The van der Waals surface area contributed by atoms with Crippen LogP contribution in [-0.2, 0) is 28.8 Å². The van der Waals surface area contributed by atoms with E-state index < -0.39 is 0 Å². The highest BCUT2D eigenvalue weighted by Gasteiger charge is 2.23. The van der Waals surface area contributed by atoms with E-state index in [4.69, 9.17) is 4.74 Å².